The molecule has 1 aromatic heterocycles. The van der Waals surface area contributed by atoms with Crippen LogP contribution in [0.25, 0.3) is 0 Å². The average Bonchev–Trinajstić information content (AvgIpc) is 3.11. The van der Waals surface area contributed by atoms with Crippen molar-refractivity contribution in [3.63, 3.8) is 0 Å². The van der Waals surface area contributed by atoms with E-state index in [1.165, 1.54) is 12.1 Å². The van der Waals surface area contributed by atoms with E-state index in [0.29, 0.717) is 18.1 Å². The van der Waals surface area contributed by atoms with Crippen LogP contribution in [0.15, 0.2) is 42.6 Å². The zero-order valence-corrected chi connectivity index (χ0v) is 17.0. The smallest absolute Gasteiger partial charge is 0.270 e. The van der Waals surface area contributed by atoms with Gasteiger partial charge in [-0.15, -0.1) is 0 Å². The number of fused-ring (bicyclic) bond motifs is 1. The van der Waals surface area contributed by atoms with Crippen LogP contribution in [0.5, 0.6) is 0 Å². The summed E-state index contributed by atoms with van der Waals surface area (Å²) >= 11 is 6.05. The van der Waals surface area contributed by atoms with E-state index < -0.39 is 10.8 Å². The third-order valence-corrected chi connectivity index (χ3v) is 5.33. The number of aromatic nitrogens is 2. The van der Waals surface area contributed by atoms with E-state index in [1.807, 2.05) is 12.1 Å². The average molecular weight is 440 g/mol. The van der Waals surface area contributed by atoms with Crippen LogP contribution in [-0.2, 0) is 13.0 Å². The van der Waals surface area contributed by atoms with Crippen molar-refractivity contribution in [3.05, 3.63) is 74.4 Å². The van der Waals surface area contributed by atoms with E-state index in [0.717, 1.165) is 35.8 Å². The van der Waals surface area contributed by atoms with E-state index in [1.54, 1.807) is 12.3 Å². The van der Waals surface area contributed by atoms with Crippen molar-refractivity contribution < 1.29 is 9.72 Å². The maximum Gasteiger partial charge on any atom is 0.270 e. The summed E-state index contributed by atoms with van der Waals surface area (Å²) in [6.45, 7) is 1.33. The summed E-state index contributed by atoms with van der Waals surface area (Å²) in [5.41, 5.74) is 15.0. The van der Waals surface area contributed by atoms with Gasteiger partial charge in [-0.2, -0.15) is 4.98 Å². The predicted octanol–water partition coefficient (Wildman–Crippen LogP) is 3.02. The summed E-state index contributed by atoms with van der Waals surface area (Å²) in [7, 11) is 0. The molecule has 1 aliphatic heterocycles. The lowest BCUT2D eigenvalue weighted by atomic mass is 10.1. The Bertz CT molecular complexity index is 1200. The van der Waals surface area contributed by atoms with Gasteiger partial charge < -0.3 is 21.7 Å². The van der Waals surface area contributed by atoms with Gasteiger partial charge >= 0.3 is 0 Å². The van der Waals surface area contributed by atoms with Gasteiger partial charge in [0.25, 0.3) is 11.6 Å². The van der Waals surface area contributed by atoms with Gasteiger partial charge in [0.2, 0.25) is 5.95 Å². The van der Waals surface area contributed by atoms with Gasteiger partial charge in [-0.3, -0.25) is 14.9 Å². The van der Waals surface area contributed by atoms with Gasteiger partial charge in [0, 0.05) is 48.4 Å². The molecule has 0 saturated heterocycles. The summed E-state index contributed by atoms with van der Waals surface area (Å²) in [5.74, 6) is 0.0443. The van der Waals surface area contributed by atoms with Crippen molar-refractivity contribution in [3.8, 4) is 0 Å². The quantitative estimate of drug-likeness (QED) is 0.405. The molecule has 3 aromatic rings. The van der Waals surface area contributed by atoms with Crippen LogP contribution in [0.1, 0.15) is 21.5 Å². The zero-order valence-electron chi connectivity index (χ0n) is 16.2. The molecule has 0 radical (unpaired) electrons. The first-order chi connectivity index (χ1) is 14.8. The van der Waals surface area contributed by atoms with Gasteiger partial charge in [-0.05, 0) is 36.2 Å². The Balaban J connectivity index is 1.49. The second-order valence-electron chi connectivity index (χ2n) is 7.03. The lowest BCUT2D eigenvalue weighted by Gasteiger charge is -2.20. The first-order valence-corrected chi connectivity index (χ1v) is 9.69. The Morgan fingerprint density at radius 2 is 2.06 bits per heavy atom. The molecule has 0 spiro atoms. The van der Waals surface area contributed by atoms with Gasteiger partial charge in [0.15, 0.2) is 0 Å². The maximum absolute atomic E-state index is 12.6. The number of nitro groups is 1. The number of carbonyl (C=O) groups is 1. The Labute approximate surface area is 182 Å². The number of halogens is 1. The second kappa shape index (κ2) is 8.07. The van der Waals surface area contributed by atoms with E-state index in [4.69, 9.17) is 23.1 Å². The lowest BCUT2D eigenvalue weighted by Crippen LogP contribution is -2.21. The molecule has 158 valence electrons. The molecule has 0 aliphatic carbocycles. The van der Waals surface area contributed by atoms with Crippen molar-refractivity contribution in [1.29, 1.82) is 0 Å². The van der Waals surface area contributed by atoms with E-state index in [9.17, 15) is 14.9 Å². The zero-order chi connectivity index (χ0) is 22.1. The fraction of sp³-hybridized carbons (Fsp3) is 0.150. The van der Waals surface area contributed by atoms with Crippen molar-refractivity contribution in [2.45, 2.75) is 13.0 Å². The van der Waals surface area contributed by atoms with Crippen LogP contribution in [-0.4, -0.2) is 27.3 Å². The molecule has 10 nitrogen and oxygen atoms in total. The van der Waals surface area contributed by atoms with Crippen LogP contribution >= 0.6 is 11.6 Å². The molecule has 11 heteroatoms. The number of hydrogen-bond acceptors (Lipinski definition) is 8. The third-order valence-electron chi connectivity index (χ3n) is 5.02. The number of nitrogens with one attached hydrogen (secondary N) is 1. The normalized spacial score (nSPS) is 12.5. The highest BCUT2D eigenvalue weighted by Crippen LogP contribution is 2.32. The number of anilines is 4. The van der Waals surface area contributed by atoms with Crippen LogP contribution in [0, 0.1) is 10.1 Å². The van der Waals surface area contributed by atoms with Gasteiger partial charge in [0.1, 0.15) is 5.82 Å². The van der Waals surface area contributed by atoms with Crippen molar-refractivity contribution in [2.75, 3.05) is 28.2 Å². The molecule has 4 rings (SSSR count). The molecule has 0 fully saturated rings. The lowest BCUT2D eigenvalue weighted by molar-refractivity contribution is -0.384. The van der Waals surface area contributed by atoms with Crippen LogP contribution in [0.4, 0.5) is 28.8 Å². The summed E-state index contributed by atoms with van der Waals surface area (Å²) in [6, 6.07) is 9.35. The molecule has 0 saturated carbocycles. The fourth-order valence-electron chi connectivity index (χ4n) is 3.47. The molecular weight excluding hydrogens is 422 g/mol. The Morgan fingerprint density at radius 1 is 1.26 bits per heavy atom. The number of carbonyl (C=O) groups excluding carboxylic acids is 1. The molecule has 2 aromatic carbocycles. The first kappa shape index (κ1) is 20.4. The number of nitrogens with two attached hydrogens (primary N) is 2. The minimum Gasteiger partial charge on any atom is -0.383 e. The molecular formula is C20H18ClN7O3. The first-order valence-electron chi connectivity index (χ1n) is 9.32. The summed E-state index contributed by atoms with van der Waals surface area (Å²) < 4.78 is 0. The number of nitrogen functional groups attached to an aromatic ring is 2. The minimum atomic E-state index is -0.566. The number of rotatable bonds is 5. The van der Waals surface area contributed by atoms with Gasteiger partial charge in [-0.1, -0.05) is 11.6 Å². The maximum atomic E-state index is 12.6. The van der Waals surface area contributed by atoms with Gasteiger partial charge in [-0.25, -0.2) is 4.98 Å². The summed E-state index contributed by atoms with van der Waals surface area (Å²) in [5, 5.41) is 13.6. The van der Waals surface area contributed by atoms with Crippen LogP contribution < -0.4 is 21.7 Å². The summed E-state index contributed by atoms with van der Waals surface area (Å²) in [4.78, 5) is 33.0. The molecule has 1 aliphatic rings. The highest BCUT2D eigenvalue weighted by atomic mass is 35.5. The predicted molar refractivity (Wildman–Crippen MR) is 118 cm³/mol. The van der Waals surface area contributed by atoms with Gasteiger partial charge in [0.05, 0.1) is 15.5 Å². The topological polar surface area (TPSA) is 153 Å². The van der Waals surface area contributed by atoms with E-state index >= 15 is 0 Å². The standard InChI is InChI=1S/C20H18ClN7O3/c21-16-8-14(28(30)31)2-3-15(16)19(29)25-13-1-4-17-11(7-13)5-6-27(17)10-12-9-24-20(23)26-18(12)22/h1-4,7-9H,5-6,10H2,(H,25,29)(H4,22,23,24,26). The fourth-order valence-corrected chi connectivity index (χ4v) is 3.73. The van der Waals surface area contributed by atoms with E-state index in [2.05, 4.69) is 20.2 Å². The number of benzene rings is 2. The monoisotopic (exact) mass is 439 g/mol. The number of hydrogen-bond donors (Lipinski definition) is 3. The van der Waals surface area contributed by atoms with Crippen molar-refractivity contribution >= 4 is 46.3 Å². The van der Waals surface area contributed by atoms with Crippen molar-refractivity contribution in [2.24, 2.45) is 0 Å². The molecule has 0 atom stereocenters. The number of nitrogens with zero attached hydrogens (tertiary/aromatic N) is 4. The van der Waals surface area contributed by atoms with E-state index in [-0.39, 0.29) is 22.2 Å². The Kier molecular flexibility index (Phi) is 5.30. The molecule has 0 bridgehead atoms. The van der Waals surface area contributed by atoms with Crippen LogP contribution in [0.2, 0.25) is 5.02 Å². The Hall–Kier alpha value is -3.92. The Morgan fingerprint density at radius 3 is 2.77 bits per heavy atom. The third kappa shape index (κ3) is 4.19. The largest absolute Gasteiger partial charge is 0.383 e. The molecule has 5 N–H and O–H groups in total. The number of non-ortho nitro benzene ring substituents is 1. The SMILES string of the molecule is Nc1ncc(CN2CCc3cc(NC(=O)c4ccc([N+](=O)[O-])cc4Cl)ccc32)c(N)n1. The molecule has 2 heterocycles. The van der Waals surface area contributed by atoms with Crippen LogP contribution in [0.3, 0.4) is 0 Å². The second-order valence-corrected chi connectivity index (χ2v) is 7.44. The highest BCUT2D eigenvalue weighted by molar-refractivity contribution is 6.34. The minimum absolute atomic E-state index is 0.0161. The number of amides is 1. The van der Waals surface area contributed by atoms with Crippen molar-refractivity contribution in [1.82, 2.24) is 9.97 Å². The number of nitro benzene ring substituents is 1. The molecule has 1 amide bonds. The molecule has 31 heavy (non-hydrogen) atoms. The molecule has 0 unspecified atom stereocenters. The summed E-state index contributed by atoms with van der Waals surface area (Å²) in [6.07, 6.45) is 2.42. The highest BCUT2D eigenvalue weighted by Gasteiger charge is 2.22.